The monoisotopic (exact) mass is 456 g/mol. The Hall–Kier alpha value is -4.39. The number of ether oxygens (including phenoxy) is 1. The summed E-state index contributed by atoms with van der Waals surface area (Å²) in [6.07, 6.45) is 0.769. The highest BCUT2D eigenvalue weighted by Crippen LogP contribution is 2.27. The summed E-state index contributed by atoms with van der Waals surface area (Å²) >= 11 is 0. The Labute approximate surface area is 196 Å². The van der Waals surface area contributed by atoms with Crippen LogP contribution in [0.4, 0.5) is 0 Å². The molecule has 1 aromatic heterocycles. The quantitative estimate of drug-likeness (QED) is 0.425. The molecule has 0 aliphatic carbocycles. The van der Waals surface area contributed by atoms with Gasteiger partial charge in [-0.2, -0.15) is 0 Å². The molecule has 172 valence electrons. The summed E-state index contributed by atoms with van der Waals surface area (Å²) in [6.45, 7) is 3.42. The van der Waals surface area contributed by atoms with E-state index >= 15 is 0 Å². The molecular formula is C27H24N2O5. The first-order chi connectivity index (χ1) is 16.5. The van der Waals surface area contributed by atoms with Gasteiger partial charge in [0, 0.05) is 11.1 Å². The van der Waals surface area contributed by atoms with Crippen molar-refractivity contribution >= 4 is 22.8 Å². The minimum atomic E-state index is -0.612. The van der Waals surface area contributed by atoms with E-state index in [0.717, 1.165) is 17.5 Å². The number of hydrogen-bond donors (Lipinski definition) is 2. The van der Waals surface area contributed by atoms with E-state index in [-0.39, 0.29) is 28.6 Å². The van der Waals surface area contributed by atoms with Gasteiger partial charge in [-0.05, 0) is 37.1 Å². The first kappa shape index (κ1) is 22.8. The van der Waals surface area contributed by atoms with E-state index in [2.05, 4.69) is 10.9 Å². The molecule has 0 saturated heterocycles. The van der Waals surface area contributed by atoms with Crippen LogP contribution in [0.3, 0.4) is 0 Å². The summed E-state index contributed by atoms with van der Waals surface area (Å²) in [5, 5.41) is 0.288. The van der Waals surface area contributed by atoms with E-state index in [1.165, 1.54) is 6.07 Å². The van der Waals surface area contributed by atoms with Gasteiger partial charge < -0.3 is 9.15 Å². The van der Waals surface area contributed by atoms with Gasteiger partial charge >= 0.3 is 0 Å². The third-order valence-corrected chi connectivity index (χ3v) is 5.45. The van der Waals surface area contributed by atoms with Gasteiger partial charge in [0.15, 0.2) is 17.6 Å². The average molecular weight is 456 g/mol. The topological polar surface area (TPSA) is 97.6 Å². The van der Waals surface area contributed by atoms with Gasteiger partial charge in [-0.25, -0.2) is 0 Å². The Bertz CT molecular complexity index is 1410. The Kier molecular flexibility index (Phi) is 6.73. The maximum atomic E-state index is 13.0. The maximum Gasteiger partial charge on any atom is 0.276 e. The maximum absolute atomic E-state index is 13.0. The Morgan fingerprint density at radius 2 is 1.65 bits per heavy atom. The van der Waals surface area contributed by atoms with Crippen LogP contribution in [-0.2, 0) is 11.2 Å². The molecule has 0 spiro atoms. The molecule has 2 amide bonds. The number of hydrazine groups is 1. The van der Waals surface area contributed by atoms with Crippen molar-refractivity contribution in [1.82, 2.24) is 10.9 Å². The normalized spacial score (nSPS) is 10.6. The highest BCUT2D eigenvalue weighted by atomic mass is 16.5. The Morgan fingerprint density at radius 1 is 0.912 bits per heavy atom. The molecule has 0 unspecified atom stereocenters. The van der Waals surface area contributed by atoms with Crippen LogP contribution in [0.2, 0.25) is 0 Å². The van der Waals surface area contributed by atoms with Gasteiger partial charge in [-0.15, -0.1) is 0 Å². The number of benzene rings is 3. The summed E-state index contributed by atoms with van der Waals surface area (Å²) in [5.74, 6) is -0.128. The molecule has 3 aromatic carbocycles. The highest BCUT2D eigenvalue weighted by molar-refractivity contribution is 6.05. The van der Waals surface area contributed by atoms with Crippen LogP contribution in [0.25, 0.3) is 22.3 Å². The van der Waals surface area contributed by atoms with Crippen LogP contribution in [-0.4, -0.2) is 18.4 Å². The van der Waals surface area contributed by atoms with Gasteiger partial charge in [0.25, 0.3) is 11.8 Å². The number of fused-ring (bicyclic) bond motifs is 1. The summed E-state index contributed by atoms with van der Waals surface area (Å²) in [5.41, 5.74) is 6.93. The molecule has 0 radical (unpaired) electrons. The largest absolute Gasteiger partial charge is 0.483 e. The van der Waals surface area contributed by atoms with Gasteiger partial charge in [0.2, 0.25) is 0 Å². The lowest BCUT2D eigenvalue weighted by Gasteiger charge is -2.12. The molecule has 0 aliphatic heterocycles. The predicted octanol–water partition coefficient (Wildman–Crippen LogP) is 4.17. The van der Waals surface area contributed by atoms with Crippen molar-refractivity contribution in [3.05, 3.63) is 99.7 Å². The lowest BCUT2D eigenvalue weighted by atomic mass is 10.0. The SMILES string of the molecule is CCc1ccccc1OCC(=O)NNC(=O)c1cccc2c(=O)c(C)c(-c3ccccc3)oc12. The van der Waals surface area contributed by atoms with Crippen LogP contribution < -0.4 is 21.0 Å². The zero-order chi connectivity index (χ0) is 24.1. The highest BCUT2D eigenvalue weighted by Gasteiger charge is 2.19. The number of amides is 2. The molecule has 1 heterocycles. The Morgan fingerprint density at radius 3 is 2.41 bits per heavy atom. The number of aryl methyl sites for hydroxylation is 1. The number of para-hydroxylation sites is 2. The molecule has 2 N–H and O–H groups in total. The van der Waals surface area contributed by atoms with Crippen LogP contribution in [0, 0.1) is 6.92 Å². The molecule has 7 heteroatoms. The van der Waals surface area contributed by atoms with E-state index in [1.54, 1.807) is 25.1 Å². The van der Waals surface area contributed by atoms with E-state index in [0.29, 0.717) is 17.1 Å². The van der Waals surface area contributed by atoms with Crippen molar-refractivity contribution in [2.75, 3.05) is 6.61 Å². The number of hydrogen-bond acceptors (Lipinski definition) is 5. The predicted molar refractivity (Wildman–Crippen MR) is 130 cm³/mol. The van der Waals surface area contributed by atoms with Gasteiger partial charge in [-0.1, -0.05) is 61.5 Å². The Balaban J connectivity index is 1.53. The van der Waals surface area contributed by atoms with E-state index in [4.69, 9.17) is 9.15 Å². The van der Waals surface area contributed by atoms with Crippen molar-refractivity contribution in [3.63, 3.8) is 0 Å². The molecule has 34 heavy (non-hydrogen) atoms. The summed E-state index contributed by atoms with van der Waals surface area (Å²) < 4.78 is 11.6. The molecule has 0 atom stereocenters. The van der Waals surface area contributed by atoms with Crippen LogP contribution >= 0.6 is 0 Å². The fourth-order valence-electron chi connectivity index (χ4n) is 3.66. The fourth-order valence-corrected chi connectivity index (χ4v) is 3.66. The van der Waals surface area contributed by atoms with Crippen LogP contribution in [0.15, 0.2) is 82.0 Å². The molecule has 4 aromatic rings. The molecule has 0 bridgehead atoms. The van der Waals surface area contributed by atoms with E-state index in [9.17, 15) is 14.4 Å². The molecule has 0 saturated carbocycles. The fraction of sp³-hybridized carbons (Fsp3) is 0.148. The average Bonchev–Trinajstić information content (AvgIpc) is 2.88. The summed E-state index contributed by atoms with van der Waals surface area (Å²) in [6, 6.07) is 21.4. The molecule has 4 rings (SSSR count). The minimum Gasteiger partial charge on any atom is -0.483 e. The second kappa shape index (κ2) is 10.0. The zero-order valence-corrected chi connectivity index (χ0v) is 18.9. The zero-order valence-electron chi connectivity index (χ0n) is 18.9. The van der Waals surface area contributed by atoms with Gasteiger partial charge in [-0.3, -0.25) is 25.2 Å². The standard InChI is InChI=1S/C27H24N2O5/c1-3-18-10-7-8-15-22(18)33-16-23(30)28-29-27(32)21-14-9-13-20-24(31)17(2)25(34-26(20)21)19-11-5-4-6-12-19/h4-15H,3,16H2,1-2H3,(H,28,30)(H,29,32). The van der Waals surface area contributed by atoms with E-state index in [1.807, 2.05) is 55.5 Å². The van der Waals surface area contributed by atoms with Gasteiger partial charge in [0.1, 0.15) is 11.5 Å². The lowest BCUT2D eigenvalue weighted by Crippen LogP contribution is -2.44. The van der Waals surface area contributed by atoms with E-state index < -0.39 is 11.8 Å². The van der Waals surface area contributed by atoms with Crippen LogP contribution in [0.1, 0.15) is 28.4 Å². The first-order valence-corrected chi connectivity index (χ1v) is 10.9. The van der Waals surface area contributed by atoms with Crippen molar-refractivity contribution in [3.8, 4) is 17.1 Å². The number of nitrogens with one attached hydrogen (secondary N) is 2. The third-order valence-electron chi connectivity index (χ3n) is 5.45. The van der Waals surface area contributed by atoms with Crippen molar-refractivity contribution in [2.24, 2.45) is 0 Å². The molecule has 7 nitrogen and oxygen atoms in total. The second-order valence-corrected chi connectivity index (χ2v) is 7.69. The van der Waals surface area contributed by atoms with Crippen molar-refractivity contribution in [2.45, 2.75) is 20.3 Å². The van der Waals surface area contributed by atoms with Crippen molar-refractivity contribution in [1.29, 1.82) is 0 Å². The minimum absolute atomic E-state index is 0.129. The smallest absolute Gasteiger partial charge is 0.276 e. The lowest BCUT2D eigenvalue weighted by molar-refractivity contribution is -0.123. The first-order valence-electron chi connectivity index (χ1n) is 10.9. The number of carbonyl (C=O) groups excluding carboxylic acids is 2. The molecule has 0 aliphatic rings. The number of rotatable bonds is 6. The van der Waals surface area contributed by atoms with Gasteiger partial charge in [0.05, 0.1) is 10.9 Å². The summed E-state index contributed by atoms with van der Waals surface area (Å²) in [4.78, 5) is 38.0. The van der Waals surface area contributed by atoms with Crippen molar-refractivity contribution < 1.29 is 18.7 Å². The second-order valence-electron chi connectivity index (χ2n) is 7.69. The molecular weight excluding hydrogens is 432 g/mol. The van der Waals surface area contributed by atoms with Crippen LogP contribution in [0.5, 0.6) is 5.75 Å². The molecule has 0 fully saturated rings. The number of carbonyl (C=O) groups is 2. The third kappa shape index (κ3) is 4.68. The summed E-state index contributed by atoms with van der Waals surface area (Å²) in [7, 11) is 0.